The van der Waals surface area contributed by atoms with Gasteiger partial charge in [-0.15, -0.1) is 0 Å². The Morgan fingerprint density at radius 3 is 2.71 bits per heavy atom. The largest absolute Gasteiger partial charge is 0.391 e. The van der Waals surface area contributed by atoms with Gasteiger partial charge in [-0.05, 0) is 43.5 Å². The zero-order valence-electron chi connectivity index (χ0n) is 11.9. The van der Waals surface area contributed by atoms with Crippen LogP contribution in [0.2, 0.25) is 0 Å². The van der Waals surface area contributed by atoms with Gasteiger partial charge in [0, 0.05) is 24.6 Å². The molecule has 6 heteroatoms. The Labute approximate surface area is 125 Å². The van der Waals surface area contributed by atoms with Gasteiger partial charge in [-0.3, -0.25) is 4.99 Å². The lowest BCUT2D eigenvalue weighted by Crippen LogP contribution is -2.18. The minimum atomic E-state index is -3.28. The van der Waals surface area contributed by atoms with E-state index >= 15 is 0 Å². The fourth-order valence-corrected chi connectivity index (χ4v) is 2.96. The van der Waals surface area contributed by atoms with Crippen molar-refractivity contribution in [3.8, 4) is 0 Å². The second-order valence-corrected chi connectivity index (χ2v) is 6.55. The summed E-state index contributed by atoms with van der Waals surface area (Å²) in [6.07, 6.45) is 8.79. The van der Waals surface area contributed by atoms with Gasteiger partial charge in [0.2, 0.25) is 0 Å². The molecule has 1 aromatic carbocycles. The zero-order valence-corrected chi connectivity index (χ0v) is 12.8. The summed E-state index contributed by atoms with van der Waals surface area (Å²) in [5.74, 6) is -0.00669. The lowest BCUT2D eigenvalue weighted by molar-refractivity contribution is 0.599. The molecule has 0 aliphatic carbocycles. The van der Waals surface area contributed by atoms with Gasteiger partial charge < -0.3 is 10.2 Å². The third-order valence-corrected chi connectivity index (χ3v) is 4.60. The summed E-state index contributed by atoms with van der Waals surface area (Å²) in [6.45, 7) is 3.28. The molecule has 1 aromatic rings. The smallest absolute Gasteiger partial charge is 0.181 e. The number of anilines is 1. The van der Waals surface area contributed by atoms with E-state index < -0.39 is 9.84 Å². The summed E-state index contributed by atoms with van der Waals surface area (Å²) in [4.78, 5) is 6.42. The van der Waals surface area contributed by atoms with Crippen molar-refractivity contribution < 1.29 is 8.42 Å². The standard InChI is InChI=1S/C15H19N3O2S/c1-2-16-10-4-12-21(19,20)15-7-5-14(6-8-15)18-11-3-9-17-13-18/h3-11,16H,2,12-13H2,1H3. The first-order chi connectivity index (χ1) is 10.1. The first-order valence-corrected chi connectivity index (χ1v) is 8.43. The Balaban J connectivity index is 2.07. The summed E-state index contributed by atoms with van der Waals surface area (Å²) < 4.78 is 24.3. The molecular weight excluding hydrogens is 286 g/mol. The summed E-state index contributed by atoms with van der Waals surface area (Å²) in [5.41, 5.74) is 0.922. The molecule has 2 rings (SSSR count). The van der Waals surface area contributed by atoms with Gasteiger partial charge in [-0.2, -0.15) is 0 Å². The van der Waals surface area contributed by atoms with Gasteiger partial charge in [-0.1, -0.05) is 6.08 Å². The monoisotopic (exact) mass is 305 g/mol. The Morgan fingerprint density at radius 1 is 1.33 bits per heavy atom. The number of hydrogen-bond donors (Lipinski definition) is 1. The second-order valence-electron chi connectivity index (χ2n) is 4.52. The number of aliphatic imine (C=N–C) groups is 1. The molecule has 0 saturated carbocycles. The van der Waals surface area contributed by atoms with Crippen molar-refractivity contribution in [1.82, 2.24) is 5.32 Å². The first-order valence-electron chi connectivity index (χ1n) is 6.78. The molecule has 1 heterocycles. The number of allylic oxidation sites excluding steroid dienone is 1. The van der Waals surface area contributed by atoms with E-state index in [2.05, 4.69) is 10.3 Å². The highest BCUT2D eigenvalue weighted by Gasteiger charge is 2.13. The maximum atomic E-state index is 12.2. The van der Waals surface area contributed by atoms with Crippen LogP contribution in [0.3, 0.4) is 0 Å². The van der Waals surface area contributed by atoms with Crippen LogP contribution in [-0.4, -0.2) is 33.6 Å². The highest BCUT2D eigenvalue weighted by atomic mass is 32.2. The maximum Gasteiger partial charge on any atom is 0.181 e. The quantitative estimate of drug-likeness (QED) is 0.872. The summed E-state index contributed by atoms with van der Waals surface area (Å²) >= 11 is 0. The van der Waals surface area contributed by atoms with Crippen molar-refractivity contribution in [2.24, 2.45) is 4.99 Å². The molecule has 0 spiro atoms. The van der Waals surface area contributed by atoms with Crippen LogP contribution >= 0.6 is 0 Å². The SMILES string of the molecule is CCNC=CCS(=O)(=O)c1ccc(N2C=CC=NC2)cc1. The molecule has 0 unspecified atom stereocenters. The van der Waals surface area contributed by atoms with Gasteiger partial charge in [-0.25, -0.2) is 8.42 Å². The molecular formula is C15H19N3O2S. The second kappa shape index (κ2) is 7.08. The molecule has 0 bridgehead atoms. The van der Waals surface area contributed by atoms with Crippen molar-refractivity contribution in [1.29, 1.82) is 0 Å². The van der Waals surface area contributed by atoms with Crippen LogP contribution in [0.15, 0.2) is 58.7 Å². The maximum absolute atomic E-state index is 12.2. The van der Waals surface area contributed by atoms with Crippen molar-refractivity contribution in [2.45, 2.75) is 11.8 Å². The van der Waals surface area contributed by atoms with E-state index in [1.54, 1.807) is 42.8 Å². The van der Waals surface area contributed by atoms with E-state index in [0.717, 1.165) is 12.2 Å². The molecule has 0 amide bonds. The fourth-order valence-electron chi connectivity index (χ4n) is 1.87. The van der Waals surface area contributed by atoms with Crippen molar-refractivity contribution in [3.05, 3.63) is 48.8 Å². The predicted molar refractivity (Wildman–Crippen MR) is 86.3 cm³/mol. The molecule has 1 aliphatic rings. The van der Waals surface area contributed by atoms with E-state index in [4.69, 9.17) is 0 Å². The minimum absolute atomic E-state index is 0.00669. The molecule has 0 fully saturated rings. The number of nitrogens with one attached hydrogen (secondary N) is 1. The molecule has 0 atom stereocenters. The highest BCUT2D eigenvalue weighted by Crippen LogP contribution is 2.20. The third kappa shape index (κ3) is 4.19. The molecule has 0 saturated heterocycles. The van der Waals surface area contributed by atoms with E-state index in [0.29, 0.717) is 11.6 Å². The topological polar surface area (TPSA) is 61.8 Å². The number of rotatable bonds is 6. The highest BCUT2D eigenvalue weighted by molar-refractivity contribution is 7.91. The van der Waals surface area contributed by atoms with Crippen LogP contribution in [0, 0.1) is 0 Å². The zero-order chi connectivity index (χ0) is 15.1. The Kier molecular flexibility index (Phi) is 5.16. The van der Waals surface area contributed by atoms with Crippen LogP contribution in [-0.2, 0) is 9.84 Å². The molecule has 21 heavy (non-hydrogen) atoms. The number of sulfone groups is 1. The van der Waals surface area contributed by atoms with Gasteiger partial charge in [0.15, 0.2) is 9.84 Å². The summed E-state index contributed by atoms with van der Waals surface area (Å²) in [6, 6.07) is 6.87. The lowest BCUT2D eigenvalue weighted by atomic mass is 10.3. The van der Waals surface area contributed by atoms with Crippen LogP contribution in [0.25, 0.3) is 0 Å². The van der Waals surface area contributed by atoms with Crippen molar-refractivity contribution >= 4 is 21.7 Å². The van der Waals surface area contributed by atoms with Crippen molar-refractivity contribution in [3.63, 3.8) is 0 Å². The van der Waals surface area contributed by atoms with E-state index in [1.165, 1.54) is 0 Å². The average Bonchev–Trinajstić information content (AvgIpc) is 2.53. The molecule has 0 radical (unpaired) electrons. The van der Waals surface area contributed by atoms with Gasteiger partial charge in [0.05, 0.1) is 10.6 Å². The minimum Gasteiger partial charge on any atom is -0.391 e. The van der Waals surface area contributed by atoms with Gasteiger partial charge in [0.1, 0.15) is 6.67 Å². The van der Waals surface area contributed by atoms with Gasteiger partial charge in [0.25, 0.3) is 0 Å². The van der Waals surface area contributed by atoms with E-state index in [-0.39, 0.29) is 5.75 Å². The van der Waals surface area contributed by atoms with Crippen LogP contribution < -0.4 is 10.2 Å². The average molecular weight is 305 g/mol. The van der Waals surface area contributed by atoms with Crippen LogP contribution in [0.4, 0.5) is 5.69 Å². The molecule has 5 nitrogen and oxygen atoms in total. The first kappa shape index (κ1) is 15.3. The molecule has 112 valence electrons. The molecule has 1 aliphatic heterocycles. The van der Waals surface area contributed by atoms with Crippen LogP contribution in [0.5, 0.6) is 0 Å². The van der Waals surface area contributed by atoms with E-state index in [1.807, 2.05) is 24.1 Å². The molecule has 1 N–H and O–H groups in total. The summed E-state index contributed by atoms with van der Waals surface area (Å²) in [7, 11) is -3.28. The lowest BCUT2D eigenvalue weighted by Gasteiger charge is -2.20. The van der Waals surface area contributed by atoms with Gasteiger partial charge >= 0.3 is 0 Å². The fraction of sp³-hybridized carbons (Fsp3) is 0.267. The van der Waals surface area contributed by atoms with E-state index in [9.17, 15) is 8.42 Å². The molecule has 0 aromatic heterocycles. The summed E-state index contributed by atoms with van der Waals surface area (Å²) in [5, 5.41) is 2.95. The number of hydrogen-bond acceptors (Lipinski definition) is 5. The predicted octanol–water partition coefficient (Wildman–Crippen LogP) is 1.95. The van der Waals surface area contributed by atoms with Crippen LogP contribution in [0.1, 0.15) is 6.92 Å². The Morgan fingerprint density at radius 2 is 2.10 bits per heavy atom. The normalized spacial score (nSPS) is 14.8. The Bertz CT molecular complexity index is 646. The Hall–Kier alpha value is -2.08. The van der Waals surface area contributed by atoms with Crippen molar-refractivity contribution in [2.75, 3.05) is 23.9 Å². The third-order valence-electron chi connectivity index (χ3n) is 2.97. The number of nitrogens with zero attached hydrogens (tertiary/aromatic N) is 2. The number of benzene rings is 1.